The molecule has 0 bridgehead atoms. The monoisotopic (exact) mass is 324 g/mol. The molecule has 1 aromatic heterocycles. The number of para-hydroxylation sites is 1. The van der Waals surface area contributed by atoms with E-state index in [0.29, 0.717) is 13.0 Å². The van der Waals surface area contributed by atoms with Crippen LogP contribution in [0.4, 0.5) is 5.69 Å². The summed E-state index contributed by atoms with van der Waals surface area (Å²) in [7, 11) is 0. The van der Waals surface area contributed by atoms with Gasteiger partial charge in [-0.15, -0.1) is 0 Å². The molecule has 5 nitrogen and oxygen atoms in total. The highest BCUT2D eigenvalue weighted by atomic mass is 16.3. The van der Waals surface area contributed by atoms with Crippen LogP contribution in [-0.4, -0.2) is 18.4 Å². The first-order valence-corrected chi connectivity index (χ1v) is 8.43. The number of rotatable bonds is 4. The van der Waals surface area contributed by atoms with E-state index in [0.717, 1.165) is 30.8 Å². The van der Waals surface area contributed by atoms with Crippen LogP contribution in [-0.2, 0) is 22.6 Å². The highest BCUT2D eigenvalue weighted by Gasteiger charge is 2.50. The molecule has 0 spiro atoms. The number of hydrogen-bond acceptors (Lipinski definition) is 3. The number of aryl methyl sites for hydroxylation is 1. The van der Waals surface area contributed by atoms with E-state index in [1.807, 2.05) is 29.2 Å². The Bertz CT molecular complexity index is 754. The lowest BCUT2D eigenvalue weighted by Gasteiger charge is -2.29. The zero-order chi connectivity index (χ0) is 16.5. The van der Waals surface area contributed by atoms with Crippen molar-refractivity contribution in [2.45, 2.75) is 25.8 Å². The van der Waals surface area contributed by atoms with Crippen LogP contribution in [0.5, 0.6) is 0 Å². The van der Waals surface area contributed by atoms with Gasteiger partial charge in [0.25, 0.3) is 0 Å². The molecule has 2 heterocycles. The Labute approximate surface area is 140 Å². The van der Waals surface area contributed by atoms with Crippen molar-refractivity contribution in [3.63, 3.8) is 0 Å². The number of furan rings is 1. The third kappa shape index (κ3) is 2.82. The van der Waals surface area contributed by atoms with E-state index < -0.39 is 0 Å². The molecule has 2 amide bonds. The summed E-state index contributed by atoms with van der Waals surface area (Å²) in [6.07, 6.45) is 4.21. The molecular weight excluding hydrogens is 304 g/mol. The molecule has 1 aliphatic carbocycles. The van der Waals surface area contributed by atoms with Gasteiger partial charge in [0, 0.05) is 12.2 Å². The third-order valence-electron chi connectivity index (χ3n) is 4.84. The van der Waals surface area contributed by atoms with Crippen molar-refractivity contribution in [1.82, 2.24) is 5.32 Å². The van der Waals surface area contributed by atoms with Crippen molar-refractivity contribution in [2.24, 2.45) is 11.8 Å². The average molecular weight is 324 g/mol. The van der Waals surface area contributed by atoms with Crippen molar-refractivity contribution < 1.29 is 14.0 Å². The topological polar surface area (TPSA) is 62.6 Å². The maximum Gasteiger partial charge on any atom is 0.230 e. The van der Waals surface area contributed by atoms with Crippen molar-refractivity contribution in [2.75, 3.05) is 11.4 Å². The number of hydrogen-bond donors (Lipinski definition) is 1. The largest absolute Gasteiger partial charge is 0.467 e. The molecule has 1 saturated carbocycles. The lowest BCUT2D eigenvalue weighted by Crippen LogP contribution is -2.37. The second-order valence-electron chi connectivity index (χ2n) is 6.47. The van der Waals surface area contributed by atoms with Crippen LogP contribution in [0.3, 0.4) is 0 Å². The van der Waals surface area contributed by atoms with Gasteiger partial charge in [0.15, 0.2) is 0 Å². The number of benzene rings is 1. The minimum Gasteiger partial charge on any atom is -0.467 e. The summed E-state index contributed by atoms with van der Waals surface area (Å²) in [6, 6.07) is 11.7. The molecule has 2 unspecified atom stereocenters. The van der Waals surface area contributed by atoms with E-state index in [-0.39, 0.29) is 23.7 Å². The highest BCUT2D eigenvalue weighted by Crippen LogP contribution is 2.42. The quantitative estimate of drug-likeness (QED) is 0.940. The summed E-state index contributed by atoms with van der Waals surface area (Å²) in [6.45, 7) is 1.11. The van der Waals surface area contributed by atoms with E-state index in [1.54, 1.807) is 12.3 Å². The van der Waals surface area contributed by atoms with Gasteiger partial charge in [0.2, 0.25) is 11.8 Å². The minimum absolute atomic E-state index is 0.0601. The average Bonchev–Trinajstić information content (AvgIpc) is 3.25. The fraction of sp³-hybridized carbons (Fsp3) is 0.368. The molecule has 1 fully saturated rings. The SMILES string of the molecule is O=C(NCc1ccco1)C1CC1C(=O)N1CCCc2ccccc21. The Balaban J connectivity index is 1.38. The second kappa shape index (κ2) is 6.15. The number of amides is 2. The van der Waals surface area contributed by atoms with Crippen LogP contribution in [0.25, 0.3) is 0 Å². The molecule has 2 atom stereocenters. The van der Waals surface area contributed by atoms with Crippen molar-refractivity contribution >= 4 is 17.5 Å². The predicted octanol–water partition coefficient (Wildman–Crippen LogP) is 2.51. The van der Waals surface area contributed by atoms with E-state index in [1.165, 1.54) is 5.56 Å². The number of anilines is 1. The Morgan fingerprint density at radius 3 is 2.88 bits per heavy atom. The molecule has 124 valence electrons. The maximum atomic E-state index is 12.8. The van der Waals surface area contributed by atoms with E-state index >= 15 is 0 Å². The van der Waals surface area contributed by atoms with Crippen molar-refractivity contribution in [1.29, 1.82) is 0 Å². The first-order chi connectivity index (χ1) is 11.7. The summed E-state index contributed by atoms with van der Waals surface area (Å²) in [5.41, 5.74) is 2.23. The minimum atomic E-state index is -0.207. The van der Waals surface area contributed by atoms with Gasteiger partial charge in [-0.25, -0.2) is 0 Å². The fourth-order valence-corrected chi connectivity index (χ4v) is 3.44. The fourth-order valence-electron chi connectivity index (χ4n) is 3.44. The predicted molar refractivity (Wildman–Crippen MR) is 89.3 cm³/mol. The normalized spacial score (nSPS) is 21.9. The summed E-state index contributed by atoms with van der Waals surface area (Å²) >= 11 is 0. The lowest BCUT2D eigenvalue weighted by molar-refractivity contribution is -0.126. The number of carbonyl (C=O) groups is 2. The first kappa shape index (κ1) is 15.0. The number of fused-ring (bicyclic) bond motifs is 1. The standard InChI is InChI=1S/C19H20N2O3/c22-18(20-12-14-7-4-10-24-14)15-11-16(15)19(23)21-9-3-6-13-5-1-2-8-17(13)21/h1-2,4-5,7-8,10,15-16H,3,6,9,11-12H2,(H,20,22). The molecule has 0 radical (unpaired) electrons. The van der Waals surface area contributed by atoms with Gasteiger partial charge in [-0.05, 0) is 43.0 Å². The molecule has 24 heavy (non-hydrogen) atoms. The Morgan fingerprint density at radius 2 is 2.04 bits per heavy atom. The maximum absolute atomic E-state index is 12.8. The highest BCUT2D eigenvalue weighted by molar-refractivity contribution is 6.01. The molecule has 5 heteroatoms. The Hall–Kier alpha value is -2.56. The molecule has 2 aromatic rings. The Morgan fingerprint density at radius 1 is 1.17 bits per heavy atom. The summed E-state index contributed by atoms with van der Waals surface area (Å²) in [5.74, 6) is 0.349. The van der Waals surface area contributed by atoms with Gasteiger partial charge in [0.05, 0.1) is 24.6 Å². The van der Waals surface area contributed by atoms with Gasteiger partial charge < -0.3 is 14.6 Å². The molecule has 0 saturated heterocycles. The smallest absolute Gasteiger partial charge is 0.230 e. The second-order valence-corrected chi connectivity index (χ2v) is 6.47. The molecular formula is C19H20N2O3. The Kier molecular flexibility index (Phi) is 3.84. The van der Waals surface area contributed by atoms with Crippen LogP contribution >= 0.6 is 0 Å². The van der Waals surface area contributed by atoms with Gasteiger partial charge in [0.1, 0.15) is 5.76 Å². The van der Waals surface area contributed by atoms with Crippen LogP contribution in [0.2, 0.25) is 0 Å². The summed E-state index contributed by atoms with van der Waals surface area (Å²) in [4.78, 5) is 26.9. The van der Waals surface area contributed by atoms with Gasteiger partial charge in [-0.2, -0.15) is 0 Å². The first-order valence-electron chi connectivity index (χ1n) is 8.43. The molecule has 1 aliphatic heterocycles. The van der Waals surface area contributed by atoms with Gasteiger partial charge in [-0.1, -0.05) is 18.2 Å². The molecule has 1 N–H and O–H groups in total. The van der Waals surface area contributed by atoms with Crippen LogP contribution in [0.15, 0.2) is 47.1 Å². The van der Waals surface area contributed by atoms with Crippen LogP contribution in [0, 0.1) is 11.8 Å². The van der Waals surface area contributed by atoms with Crippen LogP contribution in [0.1, 0.15) is 24.2 Å². The number of nitrogens with one attached hydrogen (secondary N) is 1. The van der Waals surface area contributed by atoms with Gasteiger partial charge in [-0.3, -0.25) is 9.59 Å². The summed E-state index contributed by atoms with van der Waals surface area (Å²) in [5, 5.41) is 2.85. The van der Waals surface area contributed by atoms with Crippen molar-refractivity contribution in [3.8, 4) is 0 Å². The molecule has 4 rings (SSSR count). The van der Waals surface area contributed by atoms with E-state index in [4.69, 9.17) is 4.42 Å². The molecule has 1 aromatic carbocycles. The summed E-state index contributed by atoms with van der Waals surface area (Å²) < 4.78 is 5.20. The van der Waals surface area contributed by atoms with Crippen LogP contribution < -0.4 is 10.2 Å². The van der Waals surface area contributed by atoms with Gasteiger partial charge >= 0.3 is 0 Å². The lowest BCUT2D eigenvalue weighted by atomic mass is 10.0. The number of nitrogens with zero attached hydrogens (tertiary/aromatic N) is 1. The van der Waals surface area contributed by atoms with E-state index in [2.05, 4.69) is 11.4 Å². The third-order valence-corrected chi connectivity index (χ3v) is 4.84. The van der Waals surface area contributed by atoms with E-state index in [9.17, 15) is 9.59 Å². The zero-order valence-corrected chi connectivity index (χ0v) is 13.4. The molecule has 2 aliphatic rings. The zero-order valence-electron chi connectivity index (χ0n) is 13.4. The number of carbonyl (C=O) groups excluding carboxylic acids is 2. The van der Waals surface area contributed by atoms with Crippen molar-refractivity contribution in [3.05, 3.63) is 54.0 Å².